The first-order valence-electron chi connectivity index (χ1n) is 9.08. The number of likely N-dealkylation sites (N-methyl/N-ethyl adjacent to an activating group) is 1. The van der Waals surface area contributed by atoms with Crippen molar-refractivity contribution in [3.05, 3.63) is 40.3 Å². The Balaban J connectivity index is 0.00000300. The van der Waals surface area contributed by atoms with Crippen LogP contribution in [0.1, 0.15) is 27.7 Å². The number of halogens is 1. The van der Waals surface area contributed by atoms with Crippen LogP contribution in [-0.4, -0.2) is 50.7 Å². The monoisotopic (exact) mass is 440 g/mol. The minimum atomic E-state index is -0.393. The molecule has 2 heterocycles. The smallest absolute Gasteiger partial charge is 0.341 e. The number of rotatable bonds is 7. The molecule has 0 radical (unpaired) electrons. The molecule has 1 amide bonds. The summed E-state index contributed by atoms with van der Waals surface area (Å²) in [7, 11) is 3.62. The number of methoxy groups -OCH3 is 1. The summed E-state index contributed by atoms with van der Waals surface area (Å²) in [5.74, 6) is 0.558. The highest BCUT2D eigenvalue weighted by atomic mass is 35.5. The lowest BCUT2D eigenvalue weighted by Crippen LogP contribution is -2.26. The van der Waals surface area contributed by atoms with Gasteiger partial charge >= 0.3 is 5.97 Å². The number of ether oxygens (including phenoxy) is 3. The fourth-order valence-electron chi connectivity index (χ4n) is 3.02. The Labute approximate surface area is 180 Å². The number of carbonyl (C=O) groups excluding carboxylic acids is 2. The van der Waals surface area contributed by atoms with Crippen LogP contribution in [0.4, 0.5) is 5.00 Å². The zero-order chi connectivity index (χ0) is 20.1. The standard InChI is InChI=1S/C20H24N2O5S.ClH/c1-4-26-20(24)18-15-9-10-22(2)11-16(15)28-19(18)21-17(23)12-27-14-7-5-13(25-3)6-8-14;/h5-8H,4,9-12H2,1-3H3,(H,21,23);1H. The van der Waals surface area contributed by atoms with Crippen LogP contribution in [0.5, 0.6) is 11.5 Å². The number of carbonyl (C=O) groups is 2. The summed E-state index contributed by atoms with van der Waals surface area (Å²) in [5.41, 5.74) is 1.46. The van der Waals surface area contributed by atoms with Gasteiger partial charge in [0, 0.05) is 18.0 Å². The lowest BCUT2D eigenvalue weighted by Gasteiger charge is -2.22. The van der Waals surface area contributed by atoms with Crippen molar-refractivity contribution in [1.29, 1.82) is 0 Å². The summed E-state index contributed by atoms with van der Waals surface area (Å²) < 4.78 is 15.8. The molecule has 0 atom stereocenters. The van der Waals surface area contributed by atoms with Crippen LogP contribution in [0.25, 0.3) is 0 Å². The predicted octanol–water partition coefficient (Wildman–Crippen LogP) is 3.36. The first kappa shape index (κ1) is 23.0. The van der Waals surface area contributed by atoms with Crippen molar-refractivity contribution < 1.29 is 23.8 Å². The Morgan fingerprint density at radius 1 is 1.21 bits per heavy atom. The van der Waals surface area contributed by atoms with Gasteiger partial charge in [-0.15, -0.1) is 23.7 Å². The molecule has 1 aliphatic rings. The molecule has 1 aromatic heterocycles. The molecular formula is C20H25ClN2O5S. The average molecular weight is 441 g/mol. The number of fused-ring (bicyclic) bond motifs is 1. The molecule has 2 aromatic rings. The third kappa shape index (κ3) is 5.62. The number of hydrogen-bond acceptors (Lipinski definition) is 7. The highest BCUT2D eigenvalue weighted by Gasteiger charge is 2.28. The zero-order valence-electron chi connectivity index (χ0n) is 16.6. The van der Waals surface area contributed by atoms with Crippen LogP contribution in [0.2, 0.25) is 0 Å². The second kappa shape index (κ2) is 10.5. The van der Waals surface area contributed by atoms with E-state index < -0.39 is 5.97 Å². The van der Waals surface area contributed by atoms with E-state index in [2.05, 4.69) is 10.2 Å². The number of nitrogens with one attached hydrogen (secondary N) is 1. The summed E-state index contributed by atoms with van der Waals surface area (Å²) in [6.07, 6.45) is 0.759. The molecule has 0 aliphatic carbocycles. The van der Waals surface area contributed by atoms with Gasteiger partial charge < -0.3 is 24.4 Å². The van der Waals surface area contributed by atoms with Gasteiger partial charge in [-0.3, -0.25) is 4.79 Å². The van der Waals surface area contributed by atoms with Crippen LogP contribution in [0, 0.1) is 0 Å². The van der Waals surface area contributed by atoms with Gasteiger partial charge in [0.15, 0.2) is 6.61 Å². The van der Waals surface area contributed by atoms with Crippen molar-refractivity contribution in [1.82, 2.24) is 4.90 Å². The van der Waals surface area contributed by atoms with E-state index in [0.29, 0.717) is 22.1 Å². The Morgan fingerprint density at radius 2 is 1.90 bits per heavy atom. The fourth-order valence-corrected chi connectivity index (χ4v) is 4.35. The molecular weight excluding hydrogens is 416 g/mol. The van der Waals surface area contributed by atoms with E-state index in [0.717, 1.165) is 30.0 Å². The van der Waals surface area contributed by atoms with Crippen LogP contribution < -0.4 is 14.8 Å². The molecule has 0 saturated carbocycles. The first-order chi connectivity index (χ1) is 13.5. The Kier molecular flexibility index (Phi) is 8.31. The Bertz CT molecular complexity index is 853. The zero-order valence-corrected chi connectivity index (χ0v) is 18.3. The maximum atomic E-state index is 12.5. The summed E-state index contributed by atoms with van der Waals surface area (Å²) in [4.78, 5) is 28.2. The lowest BCUT2D eigenvalue weighted by atomic mass is 10.0. The van der Waals surface area contributed by atoms with Crippen molar-refractivity contribution in [3.8, 4) is 11.5 Å². The summed E-state index contributed by atoms with van der Waals surface area (Å²) in [6, 6.07) is 6.98. The normalized spacial score (nSPS) is 13.1. The minimum absolute atomic E-state index is 0. The molecule has 1 N–H and O–H groups in total. The molecule has 0 bridgehead atoms. The van der Waals surface area contributed by atoms with Gasteiger partial charge in [0.25, 0.3) is 5.91 Å². The molecule has 29 heavy (non-hydrogen) atoms. The largest absolute Gasteiger partial charge is 0.497 e. The van der Waals surface area contributed by atoms with Gasteiger partial charge in [-0.1, -0.05) is 0 Å². The number of anilines is 1. The number of nitrogens with zero attached hydrogens (tertiary/aromatic N) is 1. The summed E-state index contributed by atoms with van der Waals surface area (Å²) in [6.45, 7) is 3.52. The van der Waals surface area contributed by atoms with Crippen LogP contribution in [0.3, 0.4) is 0 Å². The van der Waals surface area contributed by atoms with Crippen molar-refractivity contribution in [3.63, 3.8) is 0 Å². The molecule has 0 saturated heterocycles. The average Bonchev–Trinajstić information content (AvgIpc) is 3.03. The van der Waals surface area contributed by atoms with Crippen LogP contribution >= 0.6 is 23.7 Å². The van der Waals surface area contributed by atoms with Gasteiger partial charge in [-0.2, -0.15) is 0 Å². The maximum absolute atomic E-state index is 12.5. The third-order valence-electron chi connectivity index (χ3n) is 4.41. The SMILES string of the molecule is CCOC(=O)c1c(NC(=O)COc2ccc(OC)cc2)sc2c1CCN(C)C2.Cl. The van der Waals surface area contributed by atoms with E-state index in [-0.39, 0.29) is 31.5 Å². The number of hydrogen-bond donors (Lipinski definition) is 1. The van der Waals surface area contributed by atoms with Crippen molar-refractivity contribution >= 4 is 40.6 Å². The van der Waals surface area contributed by atoms with E-state index in [4.69, 9.17) is 14.2 Å². The molecule has 0 fully saturated rings. The quantitative estimate of drug-likeness (QED) is 0.665. The third-order valence-corrected chi connectivity index (χ3v) is 5.54. The van der Waals surface area contributed by atoms with E-state index in [1.54, 1.807) is 38.3 Å². The molecule has 158 valence electrons. The molecule has 9 heteroatoms. The highest BCUT2D eigenvalue weighted by Crippen LogP contribution is 2.37. The molecule has 7 nitrogen and oxygen atoms in total. The number of amides is 1. The van der Waals surface area contributed by atoms with Crippen molar-refractivity contribution in [2.24, 2.45) is 0 Å². The fraction of sp³-hybridized carbons (Fsp3) is 0.400. The van der Waals surface area contributed by atoms with Crippen molar-refractivity contribution in [2.45, 2.75) is 19.9 Å². The van der Waals surface area contributed by atoms with Gasteiger partial charge in [0.05, 0.1) is 19.3 Å². The highest BCUT2D eigenvalue weighted by molar-refractivity contribution is 7.17. The molecule has 1 aromatic carbocycles. The van der Waals surface area contributed by atoms with Crippen LogP contribution in [-0.2, 0) is 22.5 Å². The molecule has 3 rings (SSSR count). The Morgan fingerprint density at radius 3 is 2.55 bits per heavy atom. The second-order valence-corrected chi connectivity index (χ2v) is 7.53. The van der Waals surface area contributed by atoms with Crippen LogP contribution in [0.15, 0.2) is 24.3 Å². The summed E-state index contributed by atoms with van der Waals surface area (Å²) in [5, 5.41) is 3.35. The van der Waals surface area contributed by atoms with Crippen molar-refractivity contribution in [2.75, 3.05) is 39.2 Å². The Hall–Kier alpha value is -2.29. The van der Waals surface area contributed by atoms with Gasteiger partial charge in [-0.25, -0.2) is 4.79 Å². The second-order valence-electron chi connectivity index (χ2n) is 6.43. The minimum Gasteiger partial charge on any atom is -0.497 e. The number of benzene rings is 1. The molecule has 0 unspecified atom stereocenters. The van der Waals surface area contributed by atoms with E-state index in [1.165, 1.54) is 11.3 Å². The molecule has 0 spiro atoms. The van der Waals surface area contributed by atoms with E-state index in [9.17, 15) is 9.59 Å². The maximum Gasteiger partial charge on any atom is 0.341 e. The summed E-state index contributed by atoms with van der Waals surface area (Å²) >= 11 is 1.43. The van der Waals surface area contributed by atoms with E-state index in [1.807, 2.05) is 7.05 Å². The van der Waals surface area contributed by atoms with E-state index >= 15 is 0 Å². The molecule has 1 aliphatic heterocycles. The number of esters is 1. The predicted molar refractivity (Wildman–Crippen MR) is 115 cm³/mol. The lowest BCUT2D eigenvalue weighted by molar-refractivity contribution is -0.118. The van der Waals surface area contributed by atoms with Gasteiger partial charge in [0.2, 0.25) is 0 Å². The van der Waals surface area contributed by atoms with Gasteiger partial charge in [0.1, 0.15) is 16.5 Å². The number of thiophene rings is 1. The first-order valence-corrected chi connectivity index (χ1v) is 9.90. The van der Waals surface area contributed by atoms with Gasteiger partial charge in [-0.05, 0) is 50.2 Å². The topological polar surface area (TPSA) is 77.1 Å².